The molecule has 0 bridgehead atoms. The summed E-state index contributed by atoms with van der Waals surface area (Å²) >= 11 is 3.36. The lowest BCUT2D eigenvalue weighted by Gasteiger charge is -1.93. The van der Waals surface area contributed by atoms with Crippen LogP contribution in [0.4, 0.5) is 0 Å². The number of hydrogen-bond donors (Lipinski definition) is 0. The van der Waals surface area contributed by atoms with Gasteiger partial charge in [-0.2, -0.15) is 5.10 Å². The van der Waals surface area contributed by atoms with Crippen LogP contribution < -0.4 is 0 Å². The van der Waals surface area contributed by atoms with Crippen molar-refractivity contribution in [3.63, 3.8) is 0 Å². The van der Waals surface area contributed by atoms with Crippen molar-refractivity contribution in [2.45, 2.75) is 6.92 Å². The van der Waals surface area contributed by atoms with E-state index in [1.54, 1.807) is 0 Å². The number of nitrogens with zero attached hydrogens (tertiary/aromatic N) is 3. The van der Waals surface area contributed by atoms with Crippen molar-refractivity contribution >= 4 is 27.0 Å². The maximum absolute atomic E-state index is 4.37. The van der Waals surface area contributed by atoms with E-state index in [9.17, 15) is 0 Å². The largest absolute Gasteiger partial charge is 0.265 e. The number of fused-ring (bicyclic) bond motifs is 1. The Bertz CT molecular complexity index is 433. The molecule has 0 aliphatic carbocycles. The van der Waals surface area contributed by atoms with Crippen LogP contribution in [0.1, 0.15) is 5.69 Å². The molecule has 4 heteroatoms. The third-order valence-electron chi connectivity index (χ3n) is 1.80. The maximum Gasteiger partial charge on any atom is 0.154 e. The molecule has 0 aliphatic rings. The van der Waals surface area contributed by atoms with E-state index in [1.165, 1.54) is 0 Å². The van der Waals surface area contributed by atoms with Crippen molar-refractivity contribution in [3.8, 4) is 0 Å². The molecule has 0 spiro atoms. The van der Waals surface area contributed by atoms with E-state index in [4.69, 9.17) is 0 Å². The zero-order valence-corrected chi connectivity index (χ0v) is 8.46. The van der Waals surface area contributed by atoms with Gasteiger partial charge in [0.2, 0.25) is 0 Å². The number of aromatic nitrogens is 3. The highest BCUT2D eigenvalue weighted by Crippen LogP contribution is 2.20. The molecule has 0 saturated heterocycles. The summed E-state index contributed by atoms with van der Waals surface area (Å²) < 4.78 is 2.62. The monoisotopic (exact) mass is 225 g/mol. The molecule has 2 rings (SSSR count). The molecule has 2 aromatic rings. The predicted molar refractivity (Wildman–Crippen MR) is 50.9 cm³/mol. The number of pyridine rings is 1. The lowest BCUT2D eigenvalue weighted by atomic mass is 10.3. The summed E-state index contributed by atoms with van der Waals surface area (Å²) in [5, 5.41) is 4.20. The molecule has 0 amide bonds. The first kappa shape index (κ1) is 7.73. The Hall–Kier alpha value is -0.900. The molecule has 2 heterocycles. The zero-order chi connectivity index (χ0) is 8.72. The van der Waals surface area contributed by atoms with Gasteiger partial charge in [-0.25, -0.2) is 4.98 Å². The van der Waals surface area contributed by atoms with Crippen LogP contribution in [0, 0.1) is 6.92 Å². The minimum absolute atomic E-state index is 0.809. The first-order valence-electron chi connectivity index (χ1n) is 3.64. The highest BCUT2D eigenvalue weighted by molar-refractivity contribution is 9.10. The Balaban J connectivity index is 2.90. The predicted octanol–water partition coefficient (Wildman–Crippen LogP) is 2.04. The normalized spacial score (nSPS) is 10.9. The van der Waals surface area contributed by atoms with Gasteiger partial charge in [-0.1, -0.05) is 0 Å². The molecule has 12 heavy (non-hydrogen) atoms. The van der Waals surface area contributed by atoms with Gasteiger partial charge in [0.25, 0.3) is 0 Å². The van der Waals surface area contributed by atoms with E-state index in [0.717, 1.165) is 21.3 Å². The zero-order valence-electron chi connectivity index (χ0n) is 6.87. The standard InChI is InChI=1S/C8H8BrN3/c1-5-3-4-6-7(10-5)8(9)11-12(6)2/h3-4H,1-2H3. The molecule has 0 aliphatic heterocycles. The first-order chi connectivity index (χ1) is 5.68. The quantitative estimate of drug-likeness (QED) is 0.688. The average Bonchev–Trinajstić information content (AvgIpc) is 2.28. The third-order valence-corrected chi connectivity index (χ3v) is 2.33. The van der Waals surface area contributed by atoms with Crippen LogP contribution in [0.25, 0.3) is 11.0 Å². The fourth-order valence-electron chi connectivity index (χ4n) is 1.20. The third kappa shape index (κ3) is 1.03. The second kappa shape index (κ2) is 2.55. The van der Waals surface area contributed by atoms with Crippen LogP contribution >= 0.6 is 15.9 Å². The van der Waals surface area contributed by atoms with Crippen molar-refractivity contribution in [3.05, 3.63) is 22.4 Å². The molecular formula is C8H8BrN3. The molecule has 2 aromatic heterocycles. The molecule has 0 radical (unpaired) electrons. The topological polar surface area (TPSA) is 30.7 Å². The Morgan fingerprint density at radius 3 is 2.92 bits per heavy atom. The average molecular weight is 226 g/mol. The first-order valence-corrected chi connectivity index (χ1v) is 4.43. The SMILES string of the molecule is Cc1ccc2c(n1)c(Br)nn2C. The minimum atomic E-state index is 0.809. The van der Waals surface area contributed by atoms with E-state index >= 15 is 0 Å². The highest BCUT2D eigenvalue weighted by Gasteiger charge is 2.06. The lowest BCUT2D eigenvalue weighted by Crippen LogP contribution is -1.89. The Morgan fingerprint density at radius 2 is 2.17 bits per heavy atom. The van der Waals surface area contributed by atoms with Gasteiger partial charge in [0, 0.05) is 12.7 Å². The van der Waals surface area contributed by atoms with Crippen LogP contribution in [0.5, 0.6) is 0 Å². The van der Waals surface area contributed by atoms with Crippen molar-refractivity contribution in [1.82, 2.24) is 14.8 Å². The van der Waals surface area contributed by atoms with E-state index in [1.807, 2.05) is 30.8 Å². The van der Waals surface area contributed by atoms with Crippen LogP contribution in [0.15, 0.2) is 16.7 Å². The molecule has 0 saturated carbocycles. The van der Waals surface area contributed by atoms with Gasteiger partial charge in [-0.15, -0.1) is 0 Å². The molecule has 0 unspecified atom stereocenters. The smallest absolute Gasteiger partial charge is 0.154 e. The van der Waals surface area contributed by atoms with Crippen molar-refractivity contribution in [2.24, 2.45) is 7.05 Å². The van der Waals surface area contributed by atoms with Gasteiger partial charge in [0.05, 0.1) is 5.52 Å². The summed E-state index contributed by atoms with van der Waals surface area (Å²) in [5.74, 6) is 0. The van der Waals surface area contributed by atoms with Crippen molar-refractivity contribution in [1.29, 1.82) is 0 Å². The van der Waals surface area contributed by atoms with Crippen LogP contribution in [-0.2, 0) is 7.05 Å². The van der Waals surface area contributed by atoms with Gasteiger partial charge in [0.1, 0.15) is 5.52 Å². The number of hydrogen-bond acceptors (Lipinski definition) is 2. The lowest BCUT2D eigenvalue weighted by molar-refractivity contribution is 0.788. The van der Waals surface area contributed by atoms with Crippen molar-refractivity contribution in [2.75, 3.05) is 0 Å². The Kier molecular flexibility index (Phi) is 1.65. The second-order valence-electron chi connectivity index (χ2n) is 2.73. The number of halogens is 1. The Labute approximate surface area is 78.5 Å². The van der Waals surface area contributed by atoms with Crippen molar-refractivity contribution < 1.29 is 0 Å². The highest BCUT2D eigenvalue weighted by atomic mass is 79.9. The van der Waals surface area contributed by atoms with Gasteiger partial charge >= 0.3 is 0 Å². The maximum atomic E-state index is 4.37. The van der Waals surface area contributed by atoms with E-state index in [2.05, 4.69) is 26.0 Å². The van der Waals surface area contributed by atoms with E-state index < -0.39 is 0 Å². The van der Waals surface area contributed by atoms with Crippen LogP contribution in [0.3, 0.4) is 0 Å². The van der Waals surface area contributed by atoms with Gasteiger partial charge in [-0.3, -0.25) is 4.68 Å². The summed E-state index contributed by atoms with van der Waals surface area (Å²) in [6, 6.07) is 4.01. The molecule has 3 nitrogen and oxygen atoms in total. The molecule has 62 valence electrons. The fraction of sp³-hybridized carbons (Fsp3) is 0.250. The summed E-state index contributed by atoms with van der Waals surface area (Å²) in [7, 11) is 1.91. The molecule has 0 fully saturated rings. The molecular weight excluding hydrogens is 218 g/mol. The molecule has 0 atom stereocenters. The van der Waals surface area contributed by atoms with E-state index in [-0.39, 0.29) is 0 Å². The minimum Gasteiger partial charge on any atom is -0.265 e. The van der Waals surface area contributed by atoms with Gasteiger partial charge < -0.3 is 0 Å². The Morgan fingerprint density at radius 1 is 1.42 bits per heavy atom. The number of aryl methyl sites for hydroxylation is 2. The fourth-order valence-corrected chi connectivity index (χ4v) is 1.72. The summed E-state index contributed by atoms with van der Waals surface area (Å²) in [5.41, 5.74) is 2.99. The number of rotatable bonds is 0. The summed E-state index contributed by atoms with van der Waals surface area (Å²) in [6.45, 7) is 1.97. The van der Waals surface area contributed by atoms with Crippen LogP contribution in [0.2, 0.25) is 0 Å². The molecule has 0 N–H and O–H groups in total. The summed E-state index contributed by atoms with van der Waals surface area (Å²) in [6.07, 6.45) is 0. The van der Waals surface area contributed by atoms with Gasteiger partial charge in [0.15, 0.2) is 4.60 Å². The van der Waals surface area contributed by atoms with E-state index in [0.29, 0.717) is 0 Å². The van der Waals surface area contributed by atoms with Gasteiger partial charge in [-0.05, 0) is 35.0 Å². The second-order valence-corrected chi connectivity index (χ2v) is 3.49. The molecule has 0 aromatic carbocycles. The van der Waals surface area contributed by atoms with Crippen LogP contribution in [-0.4, -0.2) is 14.8 Å². The summed E-state index contributed by atoms with van der Waals surface area (Å²) in [4.78, 5) is 4.37.